The Morgan fingerprint density at radius 3 is 3.05 bits per heavy atom. The van der Waals surface area contributed by atoms with E-state index in [4.69, 9.17) is 9.15 Å². The van der Waals surface area contributed by atoms with E-state index in [-0.39, 0.29) is 24.1 Å². The van der Waals surface area contributed by atoms with Crippen molar-refractivity contribution >= 4 is 17.7 Å². The largest absolute Gasteiger partial charge is 0.461 e. The molecule has 0 radical (unpaired) electrons. The molecule has 1 aromatic carbocycles. The van der Waals surface area contributed by atoms with Gasteiger partial charge < -0.3 is 14.5 Å². The summed E-state index contributed by atoms with van der Waals surface area (Å²) in [6.45, 7) is 3.59. The van der Waals surface area contributed by atoms with Gasteiger partial charge in [0.15, 0.2) is 5.69 Å². The van der Waals surface area contributed by atoms with Crippen LogP contribution in [0.25, 0.3) is 0 Å². The summed E-state index contributed by atoms with van der Waals surface area (Å²) in [5.41, 5.74) is 1.04. The van der Waals surface area contributed by atoms with Crippen LogP contribution in [0.3, 0.4) is 0 Å². The number of oxazole rings is 1. The molecule has 0 spiro atoms. The zero-order chi connectivity index (χ0) is 13.8. The number of carbonyl (C=O) groups is 1. The molecule has 0 aliphatic heterocycles. The van der Waals surface area contributed by atoms with E-state index in [1.807, 2.05) is 0 Å². The van der Waals surface area contributed by atoms with Crippen molar-refractivity contribution in [3.8, 4) is 0 Å². The molecule has 1 heterocycles. The number of aromatic nitrogens is 1. The van der Waals surface area contributed by atoms with E-state index in [0.29, 0.717) is 11.3 Å². The summed E-state index contributed by atoms with van der Waals surface area (Å²) >= 11 is 0. The molecule has 19 heavy (non-hydrogen) atoms. The molecule has 0 aliphatic rings. The number of hydrogen-bond acceptors (Lipinski definition) is 5. The second-order valence-corrected chi connectivity index (χ2v) is 3.80. The van der Waals surface area contributed by atoms with Crippen LogP contribution in [0.5, 0.6) is 0 Å². The first-order valence-electron chi connectivity index (χ1n) is 5.76. The third-order valence-corrected chi connectivity index (χ3v) is 2.50. The van der Waals surface area contributed by atoms with Crippen molar-refractivity contribution < 1.29 is 18.3 Å². The third-order valence-electron chi connectivity index (χ3n) is 2.50. The zero-order valence-corrected chi connectivity index (χ0v) is 10.6. The van der Waals surface area contributed by atoms with E-state index in [1.165, 1.54) is 12.3 Å². The Kier molecular flexibility index (Phi) is 3.79. The molecule has 0 bridgehead atoms. The van der Waals surface area contributed by atoms with Gasteiger partial charge in [-0.3, -0.25) is 0 Å². The predicted octanol–water partition coefficient (Wildman–Crippen LogP) is 3.04. The maximum absolute atomic E-state index is 13.4. The molecule has 100 valence electrons. The van der Waals surface area contributed by atoms with Crippen LogP contribution in [0.2, 0.25) is 0 Å². The van der Waals surface area contributed by atoms with Gasteiger partial charge in [-0.25, -0.2) is 9.18 Å². The van der Waals surface area contributed by atoms with E-state index in [1.54, 1.807) is 26.0 Å². The molecule has 0 saturated carbocycles. The summed E-state index contributed by atoms with van der Waals surface area (Å²) in [7, 11) is 0. The van der Waals surface area contributed by atoms with Gasteiger partial charge in [0.1, 0.15) is 12.1 Å². The van der Waals surface area contributed by atoms with Gasteiger partial charge in [0.05, 0.1) is 6.61 Å². The van der Waals surface area contributed by atoms with Gasteiger partial charge in [-0.05, 0) is 26.0 Å². The number of esters is 1. The van der Waals surface area contributed by atoms with E-state index in [9.17, 15) is 9.18 Å². The molecule has 1 aromatic heterocycles. The van der Waals surface area contributed by atoms with Crippen molar-refractivity contribution in [1.29, 1.82) is 0 Å². The van der Waals surface area contributed by atoms with Crippen molar-refractivity contribution in [2.45, 2.75) is 13.8 Å². The molecule has 2 aromatic rings. The molecular weight excluding hydrogens is 251 g/mol. The molecule has 0 amide bonds. The van der Waals surface area contributed by atoms with Gasteiger partial charge in [0.2, 0.25) is 0 Å². The second-order valence-electron chi connectivity index (χ2n) is 3.80. The number of halogens is 1. The lowest BCUT2D eigenvalue weighted by Gasteiger charge is -2.05. The van der Waals surface area contributed by atoms with Crippen LogP contribution in [0, 0.1) is 12.7 Å². The molecule has 6 heteroatoms. The first-order valence-corrected chi connectivity index (χ1v) is 5.76. The Morgan fingerprint density at radius 1 is 1.53 bits per heavy atom. The maximum atomic E-state index is 13.4. The molecule has 0 fully saturated rings. The highest BCUT2D eigenvalue weighted by molar-refractivity contribution is 5.87. The fourth-order valence-corrected chi connectivity index (χ4v) is 1.49. The lowest BCUT2D eigenvalue weighted by atomic mass is 10.2. The smallest absolute Gasteiger partial charge is 0.360 e. The summed E-state index contributed by atoms with van der Waals surface area (Å²) in [5.74, 6) is -0.891. The summed E-state index contributed by atoms with van der Waals surface area (Å²) < 4.78 is 23.2. The molecule has 2 rings (SSSR count). The summed E-state index contributed by atoms with van der Waals surface area (Å²) in [6, 6.07) is 4.73. The number of rotatable bonds is 4. The molecule has 0 unspecified atom stereocenters. The molecular formula is C13H13FN2O3. The Bertz CT molecular complexity index is 595. The van der Waals surface area contributed by atoms with E-state index in [2.05, 4.69) is 10.3 Å². The zero-order valence-electron chi connectivity index (χ0n) is 10.6. The lowest BCUT2D eigenvalue weighted by Crippen LogP contribution is -2.05. The van der Waals surface area contributed by atoms with Crippen LogP contribution in [-0.2, 0) is 4.74 Å². The Labute approximate surface area is 109 Å². The first-order chi connectivity index (χ1) is 9.11. The minimum Gasteiger partial charge on any atom is -0.461 e. The second kappa shape index (κ2) is 5.51. The Balaban J connectivity index is 2.16. The number of benzene rings is 1. The van der Waals surface area contributed by atoms with Gasteiger partial charge in [0.25, 0.3) is 6.01 Å². The van der Waals surface area contributed by atoms with E-state index in [0.717, 1.165) is 0 Å². The number of hydrogen-bond donors (Lipinski definition) is 1. The van der Waals surface area contributed by atoms with Crippen LogP contribution < -0.4 is 5.32 Å². The van der Waals surface area contributed by atoms with Crippen LogP contribution in [0.1, 0.15) is 23.0 Å². The first kappa shape index (κ1) is 13.1. The van der Waals surface area contributed by atoms with Crippen molar-refractivity contribution in [1.82, 2.24) is 4.98 Å². The summed E-state index contributed by atoms with van der Waals surface area (Å²) in [5, 5.41) is 2.80. The monoisotopic (exact) mass is 264 g/mol. The predicted molar refractivity (Wildman–Crippen MR) is 66.9 cm³/mol. The van der Waals surface area contributed by atoms with Gasteiger partial charge in [0, 0.05) is 11.3 Å². The number of anilines is 2. The minimum atomic E-state index is -0.560. The molecule has 5 nitrogen and oxygen atoms in total. The van der Waals surface area contributed by atoms with Gasteiger partial charge in [-0.2, -0.15) is 4.98 Å². The highest BCUT2D eigenvalue weighted by Gasteiger charge is 2.14. The van der Waals surface area contributed by atoms with Crippen molar-refractivity contribution in [3.63, 3.8) is 0 Å². The van der Waals surface area contributed by atoms with Crippen molar-refractivity contribution in [3.05, 3.63) is 41.5 Å². The summed E-state index contributed by atoms with van der Waals surface area (Å²) in [6.07, 6.45) is 1.19. The normalized spacial score (nSPS) is 10.3. The standard InChI is InChI=1S/C13H13FN2O3/c1-3-18-12(17)11-7-19-13(16-11)15-10-6-4-5-9(14)8(10)2/h4-7H,3H2,1-2H3,(H,15,16). The highest BCUT2D eigenvalue weighted by Crippen LogP contribution is 2.22. The quantitative estimate of drug-likeness (QED) is 0.860. The fourth-order valence-electron chi connectivity index (χ4n) is 1.49. The lowest BCUT2D eigenvalue weighted by molar-refractivity contribution is 0.0519. The van der Waals surface area contributed by atoms with Gasteiger partial charge in [-0.1, -0.05) is 6.07 Å². The highest BCUT2D eigenvalue weighted by atomic mass is 19.1. The van der Waals surface area contributed by atoms with Crippen molar-refractivity contribution in [2.24, 2.45) is 0 Å². The Morgan fingerprint density at radius 2 is 2.32 bits per heavy atom. The van der Waals surface area contributed by atoms with Crippen LogP contribution in [0.15, 0.2) is 28.9 Å². The third kappa shape index (κ3) is 2.90. The Hall–Kier alpha value is -2.37. The van der Waals surface area contributed by atoms with E-state index < -0.39 is 5.97 Å². The number of carbonyl (C=O) groups excluding carboxylic acids is 1. The van der Waals surface area contributed by atoms with Crippen LogP contribution in [0.4, 0.5) is 16.1 Å². The van der Waals surface area contributed by atoms with E-state index >= 15 is 0 Å². The van der Waals surface area contributed by atoms with Crippen LogP contribution >= 0.6 is 0 Å². The molecule has 0 saturated heterocycles. The molecule has 0 atom stereocenters. The topological polar surface area (TPSA) is 64.4 Å². The average molecular weight is 264 g/mol. The van der Waals surface area contributed by atoms with Crippen LogP contribution in [-0.4, -0.2) is 17.6 Å². The van der Waals surface area contributed by atoms with Gasteiger partial charge >= 0.3 is 5.97 Å². The van der Waals surface area contributed by atoms with Crippen molar-refractivity contribution in [2.75, 3.05) is 11.9 Å². The SMILES string of the molecule is CCOC(=O)c1coc(Nc2cccc(F)c2C)n1. The average Bonchev–Trinajstić information content (AvgIpc) is 2.84. The molecule has 0 aliphatic carbocycles. The molecule has 1 N–H and O–H groups in total. The number of nitrogens with one attached hydrogen (secondary N) is 1. The van der Waals surface area contributed by atoms with Gasteiger partial charge in [-0.15, -0.1) is 0 Å². The number of ether oxygens (including phenoxy) is 1. The maximum Gasteiger partial charge on any atom is 0.360 e. The summed E-state index contributed by atoms with van der Waals surface area (Å²) in [4.78, 5) is 15.3. The minimum absolute atomic E-state index is 0.0680. The number of nitrogens with zero attached hydrogens (tertiary/aromatic N) is 1. The fraction of sp³-hybridized carbons (Fsp3) is 0.231.